The number of aryl methyl sites for hydroxylation is 2. The summed E-state index contributed by atoms with van der Waals surface area (Å²) in [7, 11) is 0. The Morgan fingerprint density at radius 3 is 2.68 bits per heavy atom. The van der Waals surface area contributed by atoms with Crippen molar-refractivity contribution in [3.63, 3.8) is 0 Å². The van der Waals surface area contributed by atoms with E-state index in [0.717, 1.165) is 22.2 Å². The summed E-state index contributed by atoms with van der Waals surface area (Å²) >= 11 is 0. The summed E-state index contributed by atoms with van der Waals surface area (Å²) in [6.07, 6.45) is 0. The summed E-state index contributed by atoms with van der Waals surface area (Å²) < 4.78 is 24.0. The van der Waals surface area contributed by atoms with E-state index in [0.29, 0.717) is 5.56 Å². The molecule has 0 amide bonds. The van der Waals surface area contributed by atoms with Crippen molar-refractivity contribution in [2.45, 2.75) is 13.8 Å². The highest BCUT2D eigenvalue weighted by Gasteiger charge is 2.14. The number of hydrogen-bond acceptors (Lipinski definition) is 4. The molecule has 0 radical (unpaired) electrons. The SMILES string of the molecule is Cc1ccc2nc(C)cc(C(=O)OCCOc3ccccc3F)c2c1. The summed E-state index contributed by atoms with van der Waals surface area (Å²) in [4.78, 5) is 16.9. The molecule has 25 heavy (non-hydrogen) atoms. The number of hydrogen-bond donors (Lipinski definition) is 0. The molecule has 0 spiro atoms. The van der Waals surface area contributed by atoms with Gasteiger partial charge < -0.3 is 9.47 Å². The summed E-state index contributed by atoms with van der Waals surface area (Å²) in [6, 6.07) is 13.6. The summed E-state index contributed by atoms with van der Waals surface area (Å²) in [5.74, 6) is -0.752. The zero-order chi connectivity index (χ0) is 17.8. The van der Waals surface area contributed by atoms with Gasteiger partial charge in [0.25, 0.3) is 0 Å². The maximum atomic E-state index is 13.5. The Kier molecular flexibility index (Phi) is 4.93. The topological polar surface area (TPSA) is 48.4 Å². The van der Waals surface area contributed by atoms with Crippen LogP contribution in [-0.2, 0) is 4.74 Å². The van der Waals surface area contributed by atoms with Gasteiger partial charge in [-0.1, -0.05) is 23.8 Å². The zero-order valence-electron chi connectivity index (χ0n) is 14.1. The second-order valence-electron chi connectivity index (χ2n) is 5.75. The molecule has 0 saturated carbocycles. The van der Waals surface area contributed by atoms with Crippen LogP contribution in [0.1, 0.15) is 21.6 Å². The van der Waals surface area contributed by atoms with Crippen molar-refractivity contribution in [1.29, 1.82) is 0 Å². The smallest absolute Gasteiger partial charge is 0.339 e. The first-order valence-corrected chi connectivity index (χ1v) is 7.97. The Labute approximate surface area is 145 Å². The lowest BCUT2D eigenvalue weighted by Crippen LogP contribution is -2.13. The van der Waals surface area contributed by atoms with Gasteiger partial charge in [-0.2, -0.15) is 0 Å². The van der Waals surface area contributed by atoms with Crippen LogP contribution in [0.4, 0.5) is 4.39 Å². The third-order valence-electron chi connectivity index (χ3n) is 3.72. The van der Waals surface area contributed by atoms with Gasteiger partial charge in [-0.25, -0.2) is 9.18 Å². The van der Waals surface area contributed by atoms with Crippen LogP contribution < -0.4 is 4.74 Å². The van der Waals surface area contributed by atoms with Gasteiger partial charge in [0.05, 0.1) is 11.1 Å². The van der Waals surface area contributed by atoms with Gasteiger partial charge in [-0.15, -0.1) is 0 Å². The normalized spacial score (nSPS) is 10.7. The van der Waals surface area contributed by atoms with Gasteiger partial charge in [0, 0.05) is 11.1 Å². The Morgan fingerprint density at radius 1 is 1.08 bits per heavy atom. The fourth-order valence-corrected chi connectivity index (χ4v) is 2.57. The second kappa shape index (κ2) is 7.30. The van der Waals surface area contributed by atoms with Gasteiger partial charge in [-0.3, -0.25) is 4.98 Å². The van der Waals surface area contributed by atoms with Crippen LogP contribution >= 0.6 is 0 Å². The average molecular weight is 339 g/mol. The molecule has 0 bridgehead atoms. The Balaban J connectivity index is 1.68. The predicted octanol–water partition coefficient (Wildman–Crippen LogP) is 4.23. The van der Waals surface area contributed by atoms with Crippen LogP contribution in [0, 0.1) is 19.7 Å². The van der Waals surface area contributed by atoms with Crippen molar-refractivity contribution in [1.82, 2.24) is 4.98 Å². The van der Waals surface area contributed by atoms with Gasteiger partial charge >= 0.3 is 5.97 Å². The monoisotopic (exact) mass is 339 g/mol. The van der Waals surface area contributed by atoms with Crippen molar-refractivity contribution in [2.75, 3.05) is 13.2 Å². The van der Waals surface area contributed by atoms with Crippen LogP contribution in [0.25, 0.3) is 10.9 Å². The molecule has 0 atom stereocenters. The Morgan fingerprint density at radius 2 is 1.88 bits per heavy atom. The van der Waals surface area contributed by atoms with E-state index in [9.17, 15) is 9.18 Å². The molecule has 3 aromatic rings. The number of fused-ring (bicyclic) bond motifs is 1. The summed E-state index contributed by atoms with van der Waals surface area (Å²) in [5, 5.41) is 0.755. The molecule has 0 aliphatic rings. The first kappa shape index (κ1) is 16.9. The number of rotatable bonds is 5. The molecule has 0 N–H and O–H groups in total. The number of pyridine rings is 1. The number of ether oxygens (including phenoxy) is 2. The Bertz CT molecular complexity index is 924. The number of carbonyl (C=O) groups is 1. The standard InChI is InChI=1S/C20H18FNO3/c1-13-7-8-18-15(11-13)16(12-14(2)22-18)20(23)25-10-9-24-19-6-4-3-5-17(19)21/h3-8,11-12H,9-10H2,1-2H3. The van der Waals surface area contributed by atoms with E-state index in [-0.39, 0.29) is 19.0 Å². The highest BCUT2D eigenvalue weighted by atomic mass is 19.1. The highest BCUT2D eigenvalue weighted by molar-refractivity contribution is 6.03. The third-order valence-corrected chi connectivity index (χ3v) is 3.72. The van der Waals surface area contributed by atoms with Crippen LogP contribution in [0.5, 0.6) is 5.75 Å². The number of esters is 1. The lowest BCUT2D eigenvalue weighted by atomic mass is 10.1. The van der Waals surface area contributed by atoms with Crippen LogP contribution in [0.3, 0.4) is 0 Å². The van der Waals surface area contributed by atoms with Crippen molar-refractivity contribution in [3.05, 3.63) is 71.2 Å². The van der Waals surface area contributed by atoms with Crippen molar-refractivity contribution < 1.29 is 18.7 Å². The van der Waals surface area contributed by atoms with E-state index < -0.39 is 11.8 Å². The first-order chi connectivity index (χ1) is 12.0. The molecule has 0 fully saturated rings. The number of nitrogens with zero attached hydrogens (tertiary/aromatic N) is 1. The fraction of sp³-hybridized carbons (Fsp3) is 0.200. The van der Waals surface area contributed by atoms with Gasteiger partial charge in [-0.05, 0) is 44.2 Å². The molecule has 3 rings (SSSR count). The van der Waals surface area contributed by atoms with Crippen molar-refractivity contribution in [3.8, 4) is 5.75 Å². The molecule has 0 aliphatic heterocycles. The zero-order valence-corrected chi connectivity index (χ0v) is 14.1. The molecule has 2 aromatic carbocycles. The maximum Gasteiger partial charge on any atom is 0.339 e. The fourth-order valence-electron chi connectivity index (χ4n) is 2.57. The lowest BCUT2D eigenvalue weighted by molar-refractivity contribution is 0.0450. The van der Waals surface area contributed by atoms with Crippen LogP contribution in [0.15, 0.2) is 48.5 Å². The minimum atomic E-state index is -0.446. The molecular weight excluding hydrogens is 321 g/mol. The van der Waals surface area contributed by atoms with Crippen molar-refractivity contribution in [2.24, 2.45) is 0 Å². The molecule has 0 unspecified atom stereocenters. The molecule has 4 nitrogen and oxygen atoms in total. The second-order valence-corrected chi connectivity index (χ2v) is 5.75. The van der Waals surface area contributed by atoms with E-state index >= 15 is 0 Å². The van der Waals surface area contributed by atoms with Gasteiger partial charge in [0.15, 0.2) is 11.6 Å². The van der Waals surface area contributed by atoms with Crippen molar-refractivity contribution >= 4 is 16.9 Å². The van der Waals surface area contributed by atoms with E-state index in [4.69, 9.17) is 9.47 Å². The quantitative estimate of drug-likeness (QED) is 0.516. The van der Waals surface area contributed by atoms with Gasteiger partial charge in [0.2, 0.25) is 0 Å². The average Bonchev–Trinajstić information content (AvgIpc) is 2.59. The molecular formula is C20H18FNO3. The number of para-hydroxylation sites is 1. The van der Waals surface area contributed by atoms with Crippen LogP contribution in [-0.4, -0.2) is 24.2 Å². The number of halogens is 1. The molecule has 0 aliphatic carbocycles. The molecule has 1 aromatic heterocycles. The third kappa shape index (κ3) is 3.94. The van der Waals surface area contributed by atoms with E-state index in [1.54, 1.807) is 18.2 Å². The predicted molar refractivity (Wildman–Crippen MR) is 93.4 cm³/mol. The minimum absolute atomic E-state index is 0.0296. The number of benzene rings is 2. The lowest BCUT2D eigenvalue weighted by Gasteiger charge is -2.10. The van der Waals surface area contributed by atoms with E-state index in [1.165, 1.54) is 12.1 Å². The summed E-state index contributed by atoms with van der Waals surface area (Å²) in [6.45, 7) is 3.89. The molecule has 5 heteroatoms. The minimum Gasteiger partial charge on any atom is -0.487 e. The number of carbonyl (C=O) groups excluding carboxylic acids is 1. The molecule has 1 heterocycles. The highest BCUT2D eigenvalue weighted by Crippen LogP contribution is 2.21. The van der Waals surface area contributed by atoms with Gasteiger partial charge in [0.1, 0.15) is 13.2 Å². The first-order valence-electron chi connectivity index (χ1n) is 7.97. The molecule has 0 saturated heterocycles. The maximum absolute atomic E-state index is 13.5. The van der Waals surface area contributed by atoms with E-state index in [2.05, 4.69) is 4.98 Å². The Hall–Kier alpha value is -2.95. The number of aromatic nitrogens is 1. The van der Waals surface area contributed by atoms with E-state index in [1.807, 2.05) is 32.0 Å². The largest absolute Gasteiger partial charge is 0.487 e. The summed E-state index contributed by atoms with van der Waals surface area (Å²) in [5.41, 5.74) is 3.00. The molecule has 128 valence electrons. The van der Waals surface area contributed by atoms with Crippen LogP contribution in [0.2, 0.25) is 0 Å².